The molecule has 3 rings (SSSR count). The van der Waals surface area contributed by atoms with Gasteiger partial charge in [-0.2, -0.15) is 9.98 Å². The number of benzene rings is 3. The van der Waals surface area contributed by atoms with Crippen LogP contribution in [0.25, 0.3) is 0 Å². The van der Waals surface area contributed by atoms with Crippen LogP contribution >= 0.6 is 0 Å². The third kappa shape index (κ3) is 10.1. The van der Waals surface area contributed by atoms with E-state index < -0.39 is 42.1 Å². The Morgan fingerprint density at radius 3 is 1.87 bits per heavy atom. The van der Waals surface area contributed by atoms with Crippen LogP contribution < -0.4 is 14.8 Å². The maximum Gasteiger partial charge on any atom is 0.352 e. The third-order valence-electron chi connectivity index (χ3n) is 5.91. The number of carbonyl (C=O) groups is 4. The molecule has 14 heteroatoms. The molecule has 14 nitrogen and oxygen atoms in total. The van der Waals surface area contributed by atoms with Gasteiger partial charge in [-0.1, -0.05) is 12.1 Å². The second-order valence-electron chi connectivity index (χ2n) is 9.10. The molecular weight excluding hydrogens is 588 g/mol. The smallest absolute Gasteiger partial charge is 0.352 e. The highest BCUT2D eigenvalue weighted by Crippen LogP contribution is 2.19. The number of carbonyl (C=O) groups excluding carboxylic acids is 6. The van der Waals surface area contributed by atoms with E-state index in [2.05, 4.69) is 15.3 Å². The van der Waals surface area contributed by atoms with Crippen LogP contribution in [0.1, 0.15) is 29.8 Å². The topological polar surface area (TPSA) is 200 Å². The van der Waals surface area contributed by atoms with Crippen LogP contribution in [0, 0.1) is 11.5 Å². The lowest BCUT2D eigenvalue weighted by Crippen LogP contribution is -2.48. The van der Waals surface area contributed by atoms with Gasteiger partial charge in [0.05, 0.1) is 16.9 Å². The van der Waals surface area contributed by atoms with Crippen molar-refractivity contribution in [2.24, 2.45) is 9.98 Å². The largest absolute Gasteiger partial charge is 0.449 e. The highest BCUT2D eigenvalue weighted by Gasteiger charge is 2.30. The van der Waals surface area contributed by atoms with E-state index in [-0.39, 0.29) is 34.9 Å². The number of esters is 3. The Hall–Kier alpha value is -6.41. The van der Waals surface area contributed by atoms with Crippen molar-refractivity contribution in [3.8, 4) is 17.8 Å². The molecule has 0 radical (unpaired) electrons. The van der Waals surface area contributed by atoms with Gasteiger partial charge in [0.15, 0.2) is 12.2 Å². The molecule has 1 N–H and O–H groups in total. The van der Waals surface area contributed by atoms with E-state index in [4.69, 9.17) is 24.2 Å². The summed E-state index contributed by atoms with van der Waals surface area (Å²) in [5.41, 5.74) is 1.16. The first-order chi connectivity index (χ1) is 21.6. The number of amides is 1. The van der Waals surface area contributed by atoms with E-state index in [1.54, 1.807) is 12.1 Å². The molecule has 3 aromatic rings. The molecule has 45 heavy (non-hydrogen) atoms. The Balaban J connectivity index is 1.70. The fraction of sp³-hybridized carbons (Fsp3) is 0.194. The van der Waals surface area contributed by atoms with Crippen LogP contribution in [-0.4, -0.2) is 54.2 Å². The standard InChI is InChI=1S/C31H24N4O10/c1-19(43-30(40)22-5-7-23(8-6-22)33-17-36)28(38)35-27(15-21-3-11-25(12-4-21)42-16-32)31(41)44-20(2)29(39)45-26-13-9-24(10-14-26)34-18-37/h3-14,19-20,27H,15H2,1-2H3,(H,35,38). The maximum atomic E-state index is 13.2. The predicted molar refractivity (Wildman–Crippen MR) is 153 cm³/mol. The van der Waals surface area contributed by atoms with E-state index in [1.165, 1.54) is 92.9 Å². The number of aliphatic imine (C=N–C) groups is 2. The maximum absolute atomic E-state index is 13.2. The van der Waals surface area contributed by atoms with Crippen molar-refractivity contribution < 1.29 is 47.7 Å². The van der Waals surface area contributed by atoms with Crippen molar-refractivity contribution in [2.45, 2.75) is 38.5 Å². The van der Waals surface area contributed by atoms with Gasteiger partial charge in [0.2, 0.25) is 12.2 Å². The molecule has 0 aliphatic carbocycles. The minimum absolute atomic E-state index is 0.0774. The fourth-order valence-corrected chi connectivity index (χ4v) is 3.62. The molecule has 3 aromatic carbocycles. The molecule has 228 valence electrons. The molecule has 0 aliphatic rings. The number of rotatable bonds is 13. The zero-order valence-corrected chi connectivity index (χ0v) is 23.8. The Kier molecular flexibility index (Phi) is 12.0. The van der Waals surface area contributed by atoms with Gasteiger partial charge in [-0.05, 0) is 80.1 Å². The van der Waals surface area contributed by atoms with Crippen LogP contribution in [0.3, 0.4) is 0 Å². The van der Waals surface area contributed by atoms with Crippen molar-refractivity contribution in [3.05, 3.63) is 83.9 Å². The number of ether oxygens (including phenoxy) is 4. The predicted octanol–water partition coefficient (Wildman–Crippen LogP) is 3.29. The number of isocyanates is 2. The lowest BCUT2D eigenvalue weighted by Gasteiger charge is -2.22. The second kappa shape index (κ2) is 16.3. The van der Waals surface area contributed by atoms with Gasteiger partial charge in [-0.15, -0.1) is 5.26 Å². The van der Waals surface area contributed by atoms with Gasteiger partial charge in [0.1, 0.15) is 17.5 Å². The minimum Gasteiger partial charge on any atom is -0.449 e. The van der Waals surface area contributed by atoms with Gasteiger partial charge in [0.25, 0.3) is 12.2 Å². The SMILES string of the molecule is CC(OC(=O)c1ccc(N=C=O)cc1)C(=O)NC(Cc1ccc(OC#N)cc1)C(=O)OC(C)C(=O)Oc1ccc(N=C=O)cc1. The molecule has 0 fully saturated rings. The zero-order valence-electron chi connectivity index (χ0n) is 23.8. The average Bonchev–Trinajstić information content (AvgIpc) is 3.03. The monoisotopic (exact) mass is 612 g/mol. The van der Waals surface area contributed by atoms with Crippen molar-refractivity contribution in [1.82, 2.24) is 5.32 Å². The number of hydrogen-bond acceptors (Lipinski definition) is 13. The molecule has 3 unspecified atom stereocenters. The van der Waals surface area contributed by atoms with Gasteiger partial charge in [-0.3, -0.25) is 4.79 Å². The van der Waals surface area contributed by atoms with Crippen LogP contribution in [0.2, 0.25) is 0 Å². The summed E-state index contributed by atoms with van der Waals surface area (Å²) in [5, 5.41) is 11.2. The van der Waals surface area contributed by atoms with E-state index in [9.17, 15) is 28.8 Å². The average molecular weight is 613 g/mol. The zero-order chi connectivity index (χ0) is 32.8. The van der Waals surface area contributed by atoms with E-state index in [1.807, 2.05) is 0 Å². The van der Waals surface area contributed by atoms with E-state index in [0.717, 1.165) is 0 Å². The molecule has 0 saturated carbocycles. The quantitative estimate of drug-likeness (QED) is 0.0976. The molecule has 0 heterocycles. The van der Waals surface area contributed by atoms with Crippen LogP contribution in [0.4, 0.5) is 11.4 Å². The number of nitriles is 1. The summed E-state index contributed by atoms with van der Waals surface area (Å²) >= 11 is 0. The fourth-order valence-electron chi connectivity index (χ4n) is 3.62. The molecule has 0 bridgehead atoms. The Morgan fingerprint density at radius 2 is 1.31 bits per heavy atom. The van der Waals surface area contributed by atoms with Crippen molar-refractivity contribution in [3.63, 3.8) is 0 Å². The highest BCUT2D eigenvalue weighted by atomic mass is 16.6. The lowest BCUT2D eigenvalue weighted by atomic mass is 10.1. The number of nitrogens with zero attached hydrogens (tertiary/aromatic N) is 3. The Bertz CT molecular complexity index is 1670. The van der Waals surface area contributed by atoms with Gasteiger partial charge >= 0.3 is 17.9 Å². The second-order valence-corrected chi connectivity index (χ2v) is 9.10. The van der Waals surface area contributed by atoms with Gasteiger partial charge in [-0.25, -0.2) is 24.0 Å². The van der Waals surface area contributed by atoms with E-state index >= 15 is 0 Å². The number of hydrogen-bond donors (Lipinski definition) is 1. The summed E-state index contributed by atoms with van der Waals surface area (Å²) in [7, 11) is 0. The third-order valence-corrected chi connectivity index (χ3v) is 5.91. The van der Waals surface area contributed by atoms with Crippen molar-refractivity contribution in [1.29, 1.82) is 5.26 Å². The molecule has 0 saturated heterocycles. The van der Waals surface area contributed by atoms with Crippen LogP contribution in [0.15, 0.2) is 82.8 Å². The summed E-state index contributed by atoms with van der Waals surface area (Å²) < 4.78 is 20.5. The molecule has 3 atom stereocenters. The van der Waals surface area contributed by atoms with Gasteiger partial charge in [0, 0.05) is 6.42 Å². The molecule has 0 spiro atoms. The lowest BCUT2D eigenvalue weighted by molar-refractivity contribution is -0.163. The summed E-state index contributed by atoms with van der Waals surface area (Å²) in [6, 6.07) is 15.7. The highest BCUT2D eigenvalue weighted by molar-refractivity contribution is 5.93. The van der Waals surface area contributed by atoms with Crippen LogP contribution in [-0.2, 0) is 39.9 Å². The summed E-state index contributed by atoms with van der Waals surface area (Å²) in [6.07, 6.45) is 1.42. The molecule has 1 amide bonds. The van der Waals surface area contributed by atoms with Gasteiger partial charge < -0.3 is 24.3 Å². The summed E-state index contributed by atoms with van der Waals surface area (Å²) in [6.45, 7) is 2.56. The molecule has 0 aliphatic heterocycles. The van der Waals surface area contributed by atoms with E-state index in [0.29, 0.717) is 5.56 Å². The molecular formula is C31H24N4O10. The van der Waals surface area contributed by atoms with Crippen LogP contribution in [0.5, 0.6) is 11.5 Å². The first kappa shape index (κ1) is 33.1. The summed E-state index contributed by atoms with van der Waals surface area (Å²) in [4.78, 5) is 78.9. The minimum atomic E-state index is -1.40. The Morgan fingerprint density at radius 1 is 0.756 bits per heavy atom. The normalized spacial score (nSPS) is 11.9. The van der Waals surface area contributed by atoms with Crippen molar-refractivity contribution in [2.75, 3.05) is 0 Å². The number of nitrogens with one attached hydrogen (secondary N) is 1. The van der Waals surface area contributed by atoms with Crippen molar-refractivity contribution >= 4 is 47.3 Å². The first-order valence-corrected chi connectivity index (χ1v) is 13.1. The molecule has 0 aromatic heterocycles. The first-order valence-electron chi connectivity index (χ1n) is 13.1. The summed E-state index contributed by atoms with van der Waals surface area (Å²) in [5.74, 6) is -3.27. The Labute approximate surface area is 255 Å².